The van der Waals surface area contributed by atoms with Crippen LogP contribution in [0.25, 0.3) is 0 Å². The van der Waals surface area contributed by atoms with Crippen LogP contribution < -0.4 is 5.11 Å². The molecule has 2 aliphatic rings. The van der Waals surface area contributed by atoms with Crippen molar-refractivity contribution in [1.29, 1.82) is 0 Å². The van der Waals surface area contributed by atoms with Crippen molar-refractivity contribution in [1.82, 2.24) is 0 Å². The zero-order valence-electron chi connectivity index (χ0n) is 7.90. The molecule has 0 spiro atoms. The molecule has 2 unspecified atom stereocenters. The molecule has 0 aliphatic carbocycles. The Balaban J connectivity index is 1.88. The van der Waals surface area contributed by atoms with Crippen LogP contribution in [-0.4, -0.2) is 31.4 Å². The fourth-order valence-electron chi connectivity index (χ4n) is 1.59. The fourth-order valence-corrected chi connectivity index (χ4v) is 1.59. The summed E-state index contributed by atoms with van der Waals surface area (Å²) in [4.78, 5) is 10.7. The van der Waals surface area contributed by atoms with Crippen LogP contribution in [0.2, 0.25) is 0 Å². The largest absolute Gasteiger partial charge is 0.545 e. The SMILES string of the molecule is C=C(C(=O)[O-])C(CC1CO1)CC1CO1. The van der Waals surface area contributed by atoms with Gasteiger partial charge in [0.05, 0.1) is 31.4 Å². The van der Waals surface area contributed by atoms with Crippen LogP contribution in [0, 0.1) is 5.92 Å². The molecule has 0 bridgehead atoms. The molecule has 0 saturated carbocycles. The molecule has 0 aromatic heterocycles. The Kier molecular flexibility index (Phi) is 2.56. The highest BCUT2D eigenvalue weighted by Gasteiger charge is 2.33. The predicted octanol–water partition coefficient (Wildman–Crippen LogP) is -0.513. The zero-order chi connectivity index (χ0) is 10.1. The van der Waals surface area contributed by atoms with Gasteiger partial charge in [-0.3, -0.25) is 0 Å². The van der Waals surface area contributed by atoms with Crippen LogP contribution in [0.3, 0.4) is 0 Å². The van der Waals surface area contributed by atoms with Crippen LogP contribution >= 0.6 is 0 Å². The van der Waals surface area contributed by atoms with E-state index >= 15 is 0 Å². The summed E-state index contributed by atoms with van der Waals surface area (Å²) in [6, 6.07) is 0. The molecular weight excluding hydrogens is 184 g/mol. The van der Waals surface area contributed by atoms with Gasteiger partial charge < -0.3 is 19.4 Å². The van der Waals surface area contributed by atoms with Gasteiger partial charge in [-0.15, -0.1) is 0 Å². The van der Waals surface area contributed by atoms with E-state index < -0.39 is 5.97 Å². The normalized spacial score (nSPS) is 30.9. The van der Waals surface area contributed by atoms with Crippen molar-refractivity contribution < 1.29 is 19.4 Å². The third-order valence-electron chi connectivity index (χ3n) is 2.65. The van der Waals surface area contributed by atoms with Crippen molar-refractivity contribution >= 4 is 5.97 Å². The summed E-state index contributed by atoms with van der Waals surface area (Å²) >= 11 is 0. The van der Waals surface area contributed by atoms with Gasteiger partial charge in [-0.1, -0.05) is 6.58 Å². The lowest BCUT2D eigenvalue weighted by Gasteiger charge is -2.18. The maximum Gasteiger partial charge on any atom is 0.0815 e. The van der Waals surface area contributed by atoms with Gasteiger partial charge in [-0.25, -0.2) is 0 Å². The number of epoxide rings is 2. The second kappa shape index (κ2) is 3.71. The van der Waals surface area contributed by atoms with Crippen molar-refractivity contribution in [2.75, 3.05) is 13.2 Å². The van der Waals surface area contributed by atoms with E-state index in [4.69, 9.17) is 9.47 Å². The zero-order valence-corrected chi connectivity index (χ0v) is 7.90. The van der Waals surface area contributed by atoms with Crippen molar-refractivity contribution in [3.63, 3.8) is 0 Å². The average Bonchev–Trinajstić information content (AvgIpc) is 2.94. The molecular formula is C10H13O4-. The molecule has 0 aromatic carbocycles. The van der Waals surface area contributed by atoms with Gasteiger partial charge in [0.1, 0.15) is 0 Å². The standard InChI is InChI=1S/C10H14O4/c1-6(10(11)12)7(2-8-4-13-8)3-9-5-14-9/h7-9H,1-5H2,(H,11,12)/p-1. The first-order chi connectivity index (χ1) is 6.66. The fraction of sp³-hybridized carbons (Fsp3) is 0.700. The highest BCUT2D eigenvalue weighted by molar-refractivity contribution is 5.84. The molecule has 0 amide bonds. The van der Waals surface area contributed by atoms with E-state index in [1.54, 1.807) is 0 Å². The molecule has 14 heavy (non-hydrogen) atoms. The molecule has 0 radical (unpaired) electrons. The number of ether oxygens (including phenoxy) is 2. The molecule has 2 heterocycles. The van der Waals surface area contributed by atoms with Crippen LogP contribution in [0.5, 0.6) is 0 Å². The van der Waals surface area contributed by atoms with Gasteiger partial charge in [-0.05, 0) is 24.3 Å². The highest BCUT2D eigenvalue weighted by atomic mass is 16.6. The minimum absolute atomic E-state index is 0.0556. The number of hydrogen-bond acceptors (Lipinski definition) is 4. The minimum atomic E-state index is -1.16. The second-order valence-corrected chi connectivity index (χ2v) is 3.89. The molecule has 0 aromatic rings. The molecule has 4 heteroatoms. The molecule has 78 valence electrons. The quantitative estimate of drug-likeness (QED) is 0.425. The van der Waals surface area contributed by atoms with E-state index in [1.807, 2.05) is 0 Å². The molecule has 2 rings (SSSR count). The highest BCUT2D eigenvalue weighted by Crippen LogP contribution is 2.31. The van der Waals surface area contributed by atoms with Crippen LogP contribution in [0.4, 0.5) is 0 Å². The number of hydrogen-bond donors (Lipinski definition) is 0. The van der Waals surface area contributed by atoms with Crippen LogP contribution in [0.1, 0.15) is 12.8 Å². The first kappa shape index (κ1) is 9.68. The van der Waals surface area contributed by atoms with E-state index in [0.717, 1.165) is 26.1 Å². The Morgan fingerprint density at radius 2 is 1.79 bits per heavy atom. The summed E-state index contributed by atoms with van der Waals surface area (Å²) in [5.74, 6) is -1.21. The lowest BCUT2D eigenvalue weighted by atomic mass is 9.91. The van der Waals surface area contributed by atoms with E-state index in [2.05, 4.69) is 6.58 Å². The Labute approximate surface area is 82.5 Å². The first-order valence-electron chi connectivity index (χ1n) is 4.80. The van der Waals surface area contributed by atoms with Crippen molar-refractivity contribution in [2.45, 2.75) is 25.0 Å². The lowest BCUT2D eigenvalue weighted by molar-refractivity contribution is -0.300. The summed E-state index contributed by atoms with van der Waals surface area (Å²) in [6.07, 6.45) is 1.89. The summed E-state index contributed by atoms with van der Waals surface area (Å²) in [5.41, 5.74) is 0.177. The van der Waals surface area contributed by atoms with Crippen molar-refractivity contribution in [3.8, 4) is 0 Å². The monoisotopic (exact) mass is 197 g/mol. The van der Waals surface area contributed by atoms with Crippen molar-refractivity contribution in [3.05, 3.63) is 12.2 Å². The van der Waals surface area contributed by atoms with E-state index in [0.29, 0.717) is 0 Å². The first-order valence-corrected chi connectivity index (χ1v) is 4.80. The van der Waals surface area contributed by atoms with Gasteiger partial charge >= 0.3 is 0 Å². The molecule has 0 N–H and O–H groups in total. The maximum atomic E-state index is 10.7. The number of carboxylic acid groups (broad SMARTS) is 1. The molecule has 2 saturated heterocycles. The van der Waals surface area contributed by atoms with Gasteiger partial charge in [0.2, 0.25) is 0 Å². The third kappa shape index (κ3) is 2.56. The maximum absolute atomic E-state index is 10.7. The van der Waals surface area contributed by atoms with E-state index in [1.165, 1.54) is 0 Å². The summed E-state index contributed by atoms with van der Waals surface area (Å²) in [5, 5.41) is 10.7. The smallest absolute Gasteiger partial charge is 0.0815 e. The minimum Gasteiger partial charge on any atom is -0.545 e. The summed E-state index contributed by atoms with van der Waals surface area (Å²) in [6.45, 7) is 5.02. The summed E-state index contributed by atoms with van der Waals surface area (Å²) < 4.78 is 10.2. The Morgan fingerprint density at radius 1 is 1.36 bits per heavy atom. The average molecular weight is 197 g/mol. The molecule has 4 nitrogen and oxygen atoms in total. The Bertz CT molecular complexity index is 239. The third-order valence-corrected chi connectivity index (χ3v) is 2.65. The molecule has 2 atom stereocenters. The number of rotatable bonds is 6. The molecule has 2 fully saturated rings. The number of carbonyl (C=O) groups is 1. The predicted molar refractivity (Wildman–Crippen MR) is 46.4 cm³/mol. The van der Waals surface area contributed by atoms with Gasteiger partial charge in [0, 0.05) is 0 Å². The number of aliphatic carboxylic acids is 1. The second-order valence-electron chi connectivity index (χ2n) is 3.89. The lowest BCUT2D eigenvalue weighted by Crippen LogP contribution is -2.29. The topological polar surface area (TPSA) is 65.2 Å². The summed E-state index contributed by atoms with van der Waals surface area (Å²) in [7, 11) is 0. The van der Waals surface area contributed by atoms with E-state index in [9.17, 15) is 9.90 Å². The van der Waals surface area contributed by atoms with Crippen molar-refractivity contribution in [2.24, 2.45) is 5.92 Å². The Hall–Kier alpha value is -0.870. The number of carbonyl (C=O) groups excluding carboxylic acids is 1. The van der Waals surface area contributed by atoms with Crippen LogP contribution in [-0.2, 0) is 14.3 Å². The van der Waals surface area contributed by atoms with Crippen LogP contribution in [0.15, 0.2) is 12.2 Å². The number of carboxylic acids is 1. The Morgan fingerprint density at radius 3 is 2.07 bits per heavy atom. The van der Waals surface area contributed by atoms with Gasteiger partial charge in [-0.2, -0.15) is 0 Å². The molecule has 2 aliphatic heterocycles. The van der Waals surface area contributed by atoms with Gasteiger partial charge in [0.15, 0.2) is 0 Å². The van der Waals surface area contributed by atoms with Gasteiger partial charge in [0.25, 0.3) is 0 Å². The van der Waals surface area contributed by atoms with E-state index in [-0.39, 0.29) is 23.7 Å².